The lowest BCUT2D eigenvalue weighted by Gasteiger charge is -2.33. The number of allylic oxidation sites excluding steroid dienone is 2. The second-order valence-corrected chi connectivity index (χ2v) is 12.6. The number of alkyl halides is 2. The first kappa shape index (κ1) is 41.8. The fraction of sp³-hybridized carbons (Fsp3) is 0.605. The Morgan fingerprint density at radius 2 is 1.85 bits per heavy atom. The van der Waals surface area contributed by atoms with Crippen LogP contribution in [0.25, 0.3) is 0 Å². The predicted molar refractivity (Wildman–Crippen MR) is 189 cm³/mol. The minimum absolute atomic E-state index is 0.130. The zero-order chi connectivity index (χ0) is 36.1. The van der Waals surface area contributed by atoms with Gasteiger partial charge in [-0.2, -0.15) is 0 Å². The first-order chi connectivity index (χ1) is 22.1. The van der Waals surface area contributed by atoms with Crippen molar-refractivity contribution in [1.29, 1.82) is 0 Å². The van der Waals surface area contributed by atoms with E-state index >= 15 is 0 Å². The van der Waals surface area contributed by atoms with Crippen LogP contribution in [0.3, 0.4) is 0 Å². The molecule has 1 aromatic rings. The zero-order valence-electron chi connectivity index (χ0n) is 30.7. The summed E-state index contributed by atoms with van der Waals surface area (Å²) < 4.78 is 46.6. The number of aliphatic imine (C=N–C) groups is 2. The van der Waals surface area contributed by atoms with Crippen molar-refractivity contribution in [2.75, 3.05) is 13.1 Å². The van der Waals surface area contributed by atoms with Gasteiger partial charge in [0.2, 0.25) is 0 Å². The van der Waals surface area contributed by atoms with Crippen molar-refractivity contribution in [2.45, 2.75) is 127 Å². The molecule has 0 spiro atoms. The first-order valence-electron chi connectivity index (χ1n) is 17.0. The third kappa shape index (κ3) is 11.5. The number of benzene rings is 1. The molecule has 264 valence electrons. The summed E-state index contributed by atoms with van der Waals surface area (Å²) in [5.41, 5.74) is 2.40. The van der Waals surface area contributed by atoms with Crippen LogP contribution in [0.4, 0.5) is 18.9 Å². The maximum Gasteiger partial charge on any atom is 0.290 e. The van der Waals surface area contributed by atoms with E-state index in [1.54, 1.807) is 19.2 Å². The summed E-state index contributed by atoms with van der Waals surface area (Å²) in [6.45, 7) is 22.8. The second-order valence-electron chi connectivity index (χ2n) is 12.6. The minimum Gasteiger partial charge on any atom is -0.453 e. The number of amides is 1. The van der Waals surface area contributed by atoms with E-state index < -0.39 is 29.3 Å². The van der Waals surface area contributed by atoms with Gasteiger partial charge in [-0.25, -0.2) is 13.2 Å². The molecule has 6 nitrogen and oxygen atoms in total. The van der Waals surface area contributed by atoms with Gasteiger partial charge >= 0.3 is 0 Å². The highest BCUT2D eigenvalue weighted by Crippen LogP contribution is 2.35. The molecule has 0 saturated heterocycles. The van der Waals surface area contributed by atoms with Gasteiger partial charge in [0.25, 0.3) is 12.3 Å². The van der Waals surface area contributed by atoms with Crippen LogP contribution < -0.4 is 0 Å². The van der Waals surface area contributed by atoms with Gasteiger partial charge in [-0.3, -0.25) is 14.8 Å². The molecule has 3 atom stereocenters. The van der Waals surface area contributed by atoms with Gasteiger partial charge in [0.05, 0.1) is 17.9 Å². The highest BCUT2D eigenvalue weighted by atomic mass is 19.3. The number of hydrogen-bond acceptors (Lipinski definition) is 5. The summed E-state index contributed by atoms with van der Waals surface area (Å²) in [5.74, 6) is 0.0105. The second kappa shape index (κ2) is 19.6. The fourth-order valence-corrected chi connectivity index (χ4v) is 5.43. The van der Waals surface area contributed by atoms with Gasteiger partial charge in [-0.15, -0.1) is 0 Å². The molecular formula is C38H58F3N3O3. The van der Waals surface area contributed by atoms with Crippen LogP contribution in [0.15, 0.2) is 62.1 Å². The Bertz CT molecular complexity index is 1340. The van der Waals surface area contributed by atoms with Gasteiger partial charge in [-0.05, 0) is 101 Å². The van der Waals surface area contributed by atoms with Crippen molar-refractivity contribution in [1.82, 2.24) is 4.90 Å². The average molecular weight is 662 g/mol. The van der Waals surface area contributed by atoms with E-state index in [1.165, 1.54) is 37.3 Å². The molecule has 0 aromatic heterocycles. The summed E-state index contributed by atoms with van der Waals surface area (Å²) in [6.07, 6.45) is 3.74. The number of rotatable bonds is 9. The molecule has 1 amide bonds. The Morgan fingerprint density at radius 3 is 2.38 bits per heavy atom. The quantitative estimate of drug-likeness (QED) is 0.163. The summed E-state index contributed by atoms with van der Waals surface area (Å²) in [6, 6.07) is 5.05. The van der Waals surface area contributed by atoms with Gasteiger partial charge in [0.1, 0.15) is 17.2 Å². The van der Waals surface area contributed by atoms with Gasteiger partial charge in [0, 0.05) is 30.1 Å². The zero-order valence-corrected chi connectivity index (χ0v) is 30.7. The number of carbonyl (C=O) groups excluding carboxylic acids is 1. The normalized spacial score (nSPS) is 19.9. The van der Waals surface area contributed by atoms with Crippen LogP contribution in [0.2, 0.25) is 0 Å². The molecule has 0 radical (unpaired) electrons. The number of halogens is 3. The largest absolute Gasteiger partial charge is 0.453 e. The highest BCUT2D eigenvalue weighted by molar-refractivity contribution is 5.93. The molecule has 0 saturated carbocycles. The van der Waals surface area contributed by atoms with Crippen molar-refractivity contribution in [2.24, 2.45) is 21.8 Å². The van der Waals surface area contributed by atoms with Crippen molar-refractivity contribution < 1.29 is 27.8 Å². The van der Waals surface area contributed by atoms with Crippen LogP contribution in [-0.4, -0.2) is 53.5 Å². The molecule has 0 aliphatic carbocycles. The Morgan fingerprint density at radius 1 is 1.21 bits per heavy atom. The van der Waals surface area contributed by atoms with Crippen molar-refractivity contribution in [3.8, 4) is 0 Å². The maximum atomic E-state index is 13.6. The summed E-state index contributed by atoms with van der Waals surface area (Å²) in [4.78, 5) is 23.6. The van der Waals surface area contributed by atoms with Crippen molar-refractivity contribution in [3.05, 3.63) is 63.5 Å². The third-order valence-corrected chi connectivity index (χ3v) is 8.74. The van der Waals surface area contributed by atoms with Crippen LogP contribution in [0, 0.1) is 17.7 Å². The summed E-state index contributed by atoms with van der Waals surface area (Å²) >= 11 is 0. The van der Waals surface area contributed by atoms with Gasteiger partial charge in [-0.1, -0.05) is 54.5 Å². The van der Waals surface area contributed by atoms with E-state index in [0.29, 0.717) is 36.8 Å². The molecule has 2 unspecified atom stereocenters. The highest BCUT2D eigenvalue weighted by Gasteiger charge is 2.34. The lowest BCUT2D eigenvalue weighted by molar-refractivity contribution is -0.131. The Kier molecular flexibility index (Phi) is 17.4. The Balaban J connectivity index is 0.000000575. The Labute approximate surface area is 281 Å². The van der Waals surface area contributed by atoms with E-state index in [2.05, 4.69) is 30.8 Å². The smallest absolute Gasteiger partial charge is 0.290 e. The molecule has 0 bridgehead atoms. The van der Waals surface area contributed by atoms with Crippen LogP contribution in [0.1, 0.15) is 120 Å². The minimum atomic E-state index is -2.85. The molecule has 1 aromatic carbocycles. The van der Waals surface area contributed by atoms with E-state index in [9.17, 15) is 23.1 Å². The topological polar surface area (TPSA) is 74.5 Å². The van der Waals surface area contributed by atoms with E-state index in [0.717, 1.165) is 29.8 Å². The van der Waals surface area contributed by atoms with E-state index in [4.69, 9.17) is 4.74 Å². The van der Waals surface area contributed by atoms with Crippen LogP contribution in [0.5, 0.6) is 0 Å². The lowest BCUT2D eigenvalue weighted by atomic mass is 9.83. The number of nitrogens with zero attached hydrogens (tertiary/aromatic N) is 3. The molecule has 9 heteroatoms. The molecule has 47 heavy (non-hydrogen) atoms. The molecule has 3 rings (SSSR count). The SMILES string of the molecule is CC.CC/C(C)=C(\O/C(C(=O)N1CCC2=C(C1)N=CCC(C)[C@@H]2C)=C(\C)C(F)F)C(C)(C)O.CC=Nc1cccc(F)c1C(C)CC. The van der Waals surface area contributed by atoms with E-state index in [1.807, 2.05) is 46.9 Å². The van der Waals surface area contributed by atoms with Crippen LogP contribution in [-0.2, 0) is 9.53 Å². The number of ether oxygens (including phenoxy) is 1. The molecule has 0 fully saturated rings. The summed E-state index contributed by atoms with van der Waals surface area (Å²) in [7, 11) is 0. The van der Waals surface area contributed by atoms with Crippen molar-refractivity contribution >= 4 is 24.0 Å². The maximum absolute atomic E-state index is 13.6. The number of hydrogen-bond donors (Lipinski definition) is 1. The first-order valence-corrected chi connectivity index (χ1v) is 17.0. The molecule has 1 N–H and O–H groups in total. The summed E-state index contributed by atoms with van der Waals surface area (Å²) in [5, 5.41) is 10.5. The van der Waals surface area contributed by atoms with Crippen molar-refractivity contribution in [3.63, 3.8) is 0 Å². The average Bonchev–Trinajstić information content (AvgIpc) is 3.18. The molecular weight excluding hydrogens is 603 g/mol. The number of aliphatic hydroxyl groups is 1. The molecule has 2 aliphatic heterocycles. The fourth-order valence-electron chi connectivity index (χ4n) is 5.43. The monoisotopic (exact) mass is 661 g/mol. The standard InChI is InChI=1S/C24H36F2N2O3.C12H16FN.C2H6/c1-8-14(2)21(24(6,7)30)31-20(17(5)22(25)26)23(29)28-12-10-18-16(4)15(3)9-11-27-19(18)13-28;1-4-9(3)12-10(13)7-6-8-11(12)14-5-2;1-2/h11,15-16,22,30H,8-10,12-13H2,1-7H3;5-9H,4H2,1-3H3;1-2H3/b20-17+,21-14-;;/t15?,16-;;/m0../s1. The number of carbonyl (C=O) groups is 1. The van der Waals surface area contributed by atoms with E-state index in [-0.39, 0.29) is 24.0 Å². The third-order valence-electron chi connectivity index (χ3n) is 8.74. The predicted octanol–water partition coefficient (Wildman–Crippen LogP) is 10.3. The van der Waals surface area contributed by atoms with Gasteiger partial charge in [0.15, 0.2) is 5.76 Å². The van der Waals surface area contributed by atoms with Crippen LogP contribution >= 0.6 is 0 Å². The molecule has 2 heterocycles. The Hall–Kier alpha value is -3.20. The lowest BCUT2D eigenvalue weighted by Crippen LogP contribution is -2.40. The van der Waals surface area contributed by atoms with Gasteiger partial charge < -0.3 is 14.7 Å². The molecule has 2 aliphatic rings.